The molecule has 0 saturated carbocycles. The number of nitrogens with two attached hydrogens (primary N) is 1. The van der Waals surface area contributed by atoms with Crippen molar-refractivity contribution in [2.45, 2.75) is 0 Å². The van der Waals surface area contributed by atoms with Crippen molar-refractivity contribution in [2.75, 3.05) is 11.9 Å². The molecule has 3 nitrogen and oxygen atoms in total. The molecule has 0 saturated heterocycles. The van der Waals surface area contributed by atoms with E-state index < -0.39 is 0 Å². The number of carbonyl (C=O) groups is 1. The summed E-state index contributed by atoms with van der Waals surface area (Å²) in [6, 6.07) is 14.5. The van der Waals surface area contributed by atoms with Gasteiger partial charge in [-0.05, 0) is 48.5 Å². The molecule has 0 aliphatic heterocycles. The lowest BCUT2D eigenvalue weighted by molar-refractivity contribution is 0.0993. The Morgan fingerprint density at radius 3 is 2.05 bits per heavy atom. The zero-order valence-electron chi connectivity index (χ0n) is 10.8. The monoisotopic (exact) mass is 348 g/mol. The lowest BCUT2D eigenvalue weighted by Gasteiger charge is -2.17. The van der Waals surface area contributed by atoms with Gasteiger partial charge in [0.2, 0.25) is 0 Å². The van der Waals surface area contributed by atoms with Crippen molar-refractivity contribution in [3.63, 3.8) is 0 Å². The van der Waals surface area contributed by atoms with Crippen molar-refractivity contribution in [1.82, 2.24) is 0 Å². The molecule has 2 rings (SSSR count). The Bertz CT molecular complexity index is 638. The van der Waals surface area contributed by atoms with Crippen LogP contribution in [0.25, 0.3) is 0 Å². The molecular weight excluding hydrogens is 336 g/mol. The van der Waals surface area contributed by atoms with Crippen molar-refractivity contribution < 1.29 is 4.79 Å². The summed E-state index contributed by atoms with van der Waals surface area (Å²) in [5.41, 5.74) is 7.76. The van der Waals surface area contributed by atoms with Gasteiger partial charge in [-0.15, -0.1) is 0 Å². The first-order chi connectivity index (χ1) is 9.49. The predicted molar refractivity (Wildman–Crippen MR) is 89.2 cm³/mol. The van der Waals surface area contributed by atoms with Crippen molar-refractivity contribution in [3.05, 3.63) is 64.1 Å². The van der Waals surface area contributed by atoms with E-state index in [1.807, 2.05) is 36.4 Å². The molecule has 0 heterocycles. The quantitative estimate of drug-likeness (QED) is 0.865. The summed E-state index contributed by atoms with van der Waals surface area (Å²) < 4.78 is 0.942. The van der Waals surface area contributed by atoms with Crippen LogP contribution in [-0.4, -0.2) is 17.9 Å². The topological polar surface area (TPSA) is 46.3 Å². The molecule has 1 amide bonds. The molecule has 0 radical (unpaired) electrons. The maximum absolute atomic E-state index is 12.3. The van der Waals surface area contributed by atoms with Gasteiger partial charge < -0.3 is 10.6 Å². The summed E-state index contributed by atoms with van der Waals surface area (Å²) in [7, 11) is 1.74. The first-order valence-electron chi connectivity index (χ1n) is 5.92. The van der Waals surface area contributed by atoms with E-state index in [1.165, 1.54) is 0 Å². The van der Waals surface area contributed by atoms with Crippen molar-refractivity contribution in [3.8, 4) is 0 Å². The fourth-order valence-corrected chi connectivity index (χ4v) is 2.15. The second kappa shape index (κ2) is 6.15. The third-order valence-corrected chi connectivity index (χ3v) is 3.70. The highest BCUT2D eigenvalue weighted by Gasteiger charge is 2.13. The number of halogens is 1. The van der Waals surface area contributed by atoms with Crippen molar-refractivity contribution >= 4 is 44.7 Å². The highest BCUT2D eigenvalue weighted by Crippen LogP contribution is 2.18. The van der Waals surface area contributed by atoms with Gasteiger partial charge in [-0.1, -0.05) is 28.1 Å². The van der Waals surface area contributed by atoms with Crippen molar-refractivity contribution in [1.29, 1.82) is 0 Å². The maximum atomic E-state index is 12.3. The zero-order chi connectivity index (χ0) is 14.7. The Morgan fingerprint density at radius 2 is 1.55 bits per heavy atom. The van der Waals surface area contributed by atoms with E-state index in [9.17, 15) is 4.79 Å². The Kier molecular flexibility index (Phi) is 4.52. The summed E-state index contributed by atoms with van der Waals surface area (Å²) in [6.45, 7) is 0. The van der Waals surface area contributed by atoms with Crippen LogP contribution in [0, 0.1) is 0 Å². The fraction of sp³-hybridized carbons (Fsp3) is 0.0667. The molecule has 0 atom stereocenters. The Hall–Kier alpha value is -1.72. The summed E-state index contributed by atoms with van der Waals surface area (Å²) in [5, 5.41) is 0. The van der Waals surface area contributed by atoms with Crippen LogP contribution in [-0.2, 0) is 0 Å². The third kappa shape index (κ3) is 3.23. The Balaban J connectivity index is 2.22. The molecule has 5 heteroatoms. The molecule has 0 aliphatic rings. The van der Waals surface area contributed by atoms with Gasteiger partial charge in [0.25, 0.3) is 5.91 Å². The Labute approximate surface area is 131 Å². The van der Waals surface area contributed by atoms with Crippen LogP contribution in [0.4, 0.5) is 5.69 Å². The molecule has 0 aliphatic carbocycles. The second-order valence-corrected chi connectivity index (χ2v) is 5.64. The standard InChI is InChI=1S/C15H13BrN2OS/c1-18(13-8-4-10(5-9-13)14(17)20)15(19)11-2-6-12(16)7-3-11/h2-9H,1H3,(H2,17,20). The summed E-state index contributed by atoms with van der Waals surface area (Å²) in [5.74, 6) is -0.0689. The van der Waals surface area contributed by atoms with Crippen LogP contribution >= 0.6 is 28.1 Å². The lowest BCUT2D eigenvalue weighted by Crippen LogP contribution is -2.26. The number of rotatable bonds is 3. The average molecular weight is 349 g/mol. The SMILES string of the molecule is CN(C(=O)c1ccc(Br)cc1)c1ccc(C(N)=S)cc1. The largest absolute Gasteiger partial charge is 0.389 e. The summed E-state index contributed by atoms with van der Waals surface area (Å²) in [4.78, 5) is 14.3. The van der Waals surface area contributed by atoms with Crippen LogP contribution in [0.5, 0.6) is 0 Å². The molecule has 0 fully saturated rings. The molecule has 0 bridgehead atoms. The second-order valence-electron chi connectivity index (χ2n) is 4.28. The fourth-order valence-electron chi connectivity index (χ4n) is 1.75. The van der Waals surface area contributed by atoms with Crippen molar-refractivity contribution in [2.24, 2.45) is 5.73 Å². The number of thiocarbonyl (C=S) groups is 1. The zero-order valence-corrected chi connectivity index (χ0v) is 13.2. The molecule has 102 valence electrons. The molecule has 2 aromatic carbocycles. The van der Waals surface area contributed by atoms with Gasteiger partial charge in [0.05, 0.1) is 0 Å². The van der Waals surface area contributed by atoms with Crippen LogP contribution in [0.1, 0.15) is 15.9 Å². The van der Waals surface area contributed by atoms with E-state index in [4.69, 9.17) is 18.0 Å². The minimum absolute atomic E-state index is 0.0689. The first kappa shape index (κ1) is 14.7. The molecule has 2 aromatic rings. The third-order valence-electron chi connectivity index (χ3n) is 2.93. The van der Waals surface area contributed by atoms with E-state index in [-0.39, 0.29) is 5.91 Å². The highest BCUT2D eigenvalue weighted by atomic mass is 79.9. The molecule has 0 spiro atoms. The predicted octanol–water partition coefficient (Wildman–Crippen LogP) is 3.36. The molecule has 0 aromatic heterocycles. The minimum Gasteiger partial charge on any atom is -0.389 e. The maximum Gasteiger partial charge on any atom is 0.258 e. The number of amides is 1. The minimum atomic E-state index is -0.0689. The summed E-state index contributed by atoms with van der Waals surface area (Å²) >= 11 is 8.25. The van der Waals surface area contributed by atoms with Gasteiger partial charge in [0.15, 0.2) is 0 Å². The number of carbonyl (C=O) groups excluding carboxylic acids is 1. The van der Waals surface area contributed by atoms with Gasteiger partial charge in [0.1, 0.15) is 4.99 Å². The van der Waals surface area contributed by atoms with E-state index in [1.54, 1.807) is 24.1 Å². The summed E-state index contributed by atoms with van der Waals surface area (Å²) in [6.07, 6.45) is 0. The number of nitrogens with zero attached hydrogens (tertiary/aromatic N) is 1. The van der Waals surface area contributed by atoms with Gasteiger partial charge in [-0.25, -0.2) is 0 Å². The molecule has 0 unspecified atom stereocenters. The van der Waals surface area contributed by atoms with Crippen LogP contribution in [0.15, 0.2) is 53.0 Å². The highest BCUT2D eigenvalue weighted by molar-refractivity contribution is 9.10. The normalized spacial score (nSPS) is 10.1. The average Bonchev–Trinajstić information content (AvgIpc) is 2.46. The smallest absolute Gasteiger partial charge is 0.258 e. The number of hydrogen-bond donors (Lipinski definition) is 1. The van der Waals surface area contributed by atoms with Gasteiger partial charge in [-0.3, -0.25) is 4.79 Å². The van der Waals surface area contributed by atoms with Crippen LogP contribution < -0.4 is 10.6 Å². The van der Waals surface area contributed by atoms with Gasteiger partial charge >= 0.3 is 0 Å². The molecule has 2 N–H and O–H groups in total. The van der Waals surface area contributed by atoms with E-state index in [0.717, 1.165) is 15.7 Å². The number of anilines is 1. The number of hydrogen-bond acceptors (Lipinski definition) is 2. The van der Waals surface area contributed by atoms with Gasteiger partial charge in [-0.2, -0.15) is 0 Å². The molecule has 20 heavy (non-hydrogen) atoms. The van der Waals surface area contributed by atoms with E-state index in [2.05, 4.69) is 15.9 Å². The Morgan fingerprint density at radius 1 is 1.05 bits per heavy atom. The van der Waals surface area contributed by atoms with Gasteiger partial charge in [0, 0.05) is 28.3 Å². The first-order valence-corrected chi connectivity index (χ1v) is 7.12. The van der Waals surface area contributed by atoms with Crippen LogP contribution in [0.3, 0.4) is 0 Å². The van der Waals surface area contributed by atoms with E-state index in [0.29, 0.717) is 10.6 Å². The molecular formula is C15H13BrN2OS. The van der Waals surface area contributed by atoms with Crippen LogP contribution in [0.2, 0.25) is 0 Å². The number of benzene rings is 2. The lowest BCUT2D eigenvalue weighted by atomic mass is 10.1. The van der Waals surface area contributed by atoms with E-state index >= 15 is 0 Å².